The number of benzene rings is 1. The van der Waals surface area contributed by atoms with E-state index in [0.717, 1.165) is 39.0 Å². The minimum atomic E-state index is -0.422. The van der Waals surface area contributed by atoms with Crippen molar-refractivity contribution in [2.24, 2.45) is 5.92 Å². The first-order valence-electron chi connectivity index (χ1n) is 8.26. The lowest BCUT2D eigenvalue weighted by molar-refractivity contribution is 0.0975. The molecule has 1 saturated heterocycles. The van der Waals surface area contributed by atoms with Crippen LogP contribution >= 0.6 is 40.7 Å². The number of halogens is 5. The number of hydrogen-bond donors (Lipinski definition) is 1. The van der Waals surface area contributed by atoms with Gasteiger partial charge in [0.25, 0.3) is 0 Å². The summed E-state index contributed by atoms with van der Waals surface area (Å²) in [6.45, 7) is 3.49. The molecule has 7 heteroatoms. The summed E-state index contributed by atoms with van der Waals surface area (Å²) in [5.41, 5.74) is 0.267. The maximum absolute atomic E-state index is 14.7. The van der Waals surface area contributed by atoms with Crippen LogP contribution in [-0.4, -0.2) is 31.1 Å². The molecule has 0 spiro atoms. The van der Waals surface area contributed by atoms with Crippen molar-refractivity contribution in [1.82, 2.24) is 10.2 Å². The van der Waals surface area contributed by atoms with Gasteiger partial charge in [-0.1, -0.05) is 19.3 Å². The lowest BCUT2D eigenvalue weighted by Crippen LogP contribution is -2.47. The molecule has 1 saturated carbocycles. The van der Waals surface area contributed by atoms with E-state index in [9.17, 15) is 8.78 Å². The van der Waals surface area contributed by atoms with E-state index in [1.807, 2.05) is 0 Å². The molecule has 3 rings (SSSR count). The SMILES string of the molecule is Cl.Cl.Fc1ccc(Br)c(F)c1[C@H](C1CCCCC1)N1CCNCC1. The van der Waals surface area contributed by atoms with Crippen molar-refractivity contribution in [1.29, 1.82) is 0 Å². The van der Waals surface area contributed by atoms with Gasteiger partial charge in [0.05, 0.1) is 4.47 Å². The highest BCUT2D eigenvalue weighted by molar-refractivity contribution is 9.10. The topological polar surface area (TPSA) is 15.3 Å². The van der Waals surface area contributed by atoms with Crippen molar-refractivity contribution in [2.75, 3.05) is 26.2 Å². The van der Waals surface area contributed by atoms with Crippen LogP contribution in [0.15, 0.2) is 16.6 Å². The normalized spacial score (nSPS) is 20.8. The van der Waals surface area contributed by atoms with Gasteiger partial charge in [0.2, 0.25) is 0 Å². The highest BCUT2D eigenvalue weighted by atomic mass is 79.9. The zero-order valence-corrected chi connectivity index (χ0v) is 16.8. The van der Waals surface area contributed by atoms with Crippen LogP contribution in [0.2, 0.25) is 0 Å². The van der Waals surface area contributed by atoms with Crippen LogP contribution in [0.3, 0.4) is 0 Å². The molecular weight excluding hydrogens is 421 g/mol. The molecule has 0 bridgehead atoms. The molecule has 0 aromatic heterocycles. The van der Waals surface area contributed by atoms with Crippen LogP contribution in [0.5, 0.6) is 0 Å². The largest absolute Gasteiger partial charge is 0.314 e. The summed E-state index contributed by atoms with van der Waals surface area (Å²) in [5.74, 6) is -0.478. The third-order valence-electron chi connectivity index (χ3n) is 5.02. The Morgan fingerprint density at radius 2 is 1.67 bits per heavy atom. The predicted molar refractivity (Wildman–Crippen MR) is 102 cm³/mol. The van der Waals surface area contributed by atoms with Crippen molar-refractivity contribution in [2.45, 2.75) is 38.1 Å². The van der Waals surface area contributed by atoms with Crippen LogP contribution in [0.4, 0.5) is 8.78 Å². The van der Waals surface area contributed by atoms with Crippen molar-refractivity contribution in [3.05, 3.63) is 33.8 Å². The Hall–Kier alpha value is 0.0600. The first kappa shape index (κ1) is 22.1. The van der Waals surface area contributed by atoms with E-state index >= 15 is 0 Å². The monoisotopic (exact) mass is 444 g/mol. The molecular formula is C17H25BrCl2F2N2. The molecule has 1 aliphatic heterocycles. The third kappa shape index (κ3) is 4.82. The number of nitrogens with one attached hydrogen (secondary N) is 1. The van der Waals surface area contributed by atoms with E-state index in [1.54, 1.807) is 0 Å². The number of rotatable bonds is 3. The van der Waals surface area contributed by atoms with Gasteiger partial charge in [0.15, 0.2) is 0 Å². The number of piperazine rings is 1. The Bertz CT molecular complexity index is 504. The van der Waals surface area contributed by atoms with E-state index in [4.69, 9.17) is 0 Å². The van der Waals surface area contributed by atoms with Gasteiger partial charge in [-0.15, -0.1) is 24.8 Å². The summed E-state index contributed by atoms with van der Waals surface area (Å²) >= 11 is 3.22. The molecule has 1 heterocycles. The molecule has 1 atom stereocenters. The molecule has 0 unspecified atom stereocenters. The number of hydrogen-bond acceptors (Lipinski definition) is 2. The van der Waals surface area contributed by atoms with E-state index in [-0.39, 0.29) is 36.4 Å². The summed E-state index contributed by atoms with van der Waals surface area (Å²) in [5, 5.41) is 3.33. The smallest absolute Gasteiger partial charge is 0.145 e. The molecule has 2 nitrogen and oxygen atoms in total. The standard InChI is InChI=1S/C17H23BrF2N2.2ClH/c18-13-6-7-14(19)15(16(13)20)17(12-4-2-1-3-5-12)22-10-8-21-9-11-22;;/h6-7,12,17,21H,1-5,8-11H2;2*1H/t17-;;/m0../s1. The van der Waals surface area contributed by atoms with Crippen molar-refractivity contribution >= 4 is 40.7 Å². The minimum absolute atomic E-state index is 0. The van der Waals surface area contributed by atoms with E-state index < -0.39 is 11.6 Å². The quantitative estimate of drug-likeness (QED) is 0.651. The molecule has 0 amide bonds. The Labute approximate surface area is 163 Å². The van der Waals surface area contributed by atoms with E-state index in [2.05, 4.69) is 26.1 Å². The third-order valence-corrected chi connectivity index (χ3v) is 5.63. The number of nitrogens with zero attached hydrogens (tertiary/aromatic N) is 1. The molecule has 2 aliphatic rings. The fourth-order valence-corrected chi connectivity index (χ4v) is 4.29. The first-order valence-corrected chi connectivity index (χ1v) is 9.06. The maximum Gasteiger partial charge on any atom is 0.145 e. The highest BCUT2D eigenvalue weighted by Gasteiger charge is 2.35. The lowest BCUT2D eigenvalue weighted by Gasteiger charge is -2.41. The average molecular weight is 446 g/mol. The van der Waals surface area contributed by atoms with Gasteiger partial charge in [-0.25, -0.2) is 8.78 Å². The minimum Gasteiger partial charge on any atom is -0.314 e. The van der Waals surface area contributed by atoms with E-state index in [0.29, 0.717) is 10.4 Å². The van der Waals surface area contributed by atoms with Gasteiger partial charge in [-0.05, 0) is 46.8 Å². The van der Waals surface area contributed by atoms with Crippen LogP contribution < -0.4 is 5.32 Å². The summed E-state index contributed by atoms with van der Waals surface area (Å²) in [7, 11) is 0. The summed E-state index contributed by atoms with van der Waals surface area (Å²) in [6, 6.07) is 2.71. The van der Waals surface area contributed by atoms with Gasteiger partial charge >= 0.3 is 0 Å². The molecule has 1 aromatic carbocycles. The zero-order valence-electron chi connectivity index (χ0n) is 13.6. The van der Waals surface area contributed by atoms with Crippen LogP contribution in [-0.2, 0) is 0 Å². The Kier molecular flexibility index (Phi) is 9.46. The lowest BCUT2D eigenvalue weighted by atomic mass is 9.80. The molecule has 2 fully saturated rings. The second-order valence-electron chi connectivity index (χ2n) is 6.39. The molecule has 24 heavy (non-hydrogen) atoms. The van der Waals surface area contributed by atoms with Crippen LogP contribution in [0.25, 0.3) is 0 Å². The second-order valence-corrected chi connectivity index (χ2v) is 7.24. The molecule has 1 aromatic rings. The van der Waals surface area contributed by atoms with Crippen molar-refractivity contribution in [3.8, 4) is 0 Å². The van der Waals surface area contributed by atoms with Crippen LogP contribution in [0, 0.1) is 17.6 Å². The zero-order chi connectivity index (χ0) is 15.5. The fraction of sp³-hybridized carbons (Fsp3) is 0.647. The Morgan fingerprint density at radius 3 is 2.29 bits per heavy atom. The fourth-order valence-electron chi connectivity index (χ4n) is 3.94. The van der Waals surface area contributed by atoms with Crippen LogP contribution in [0.1, 0.15) is 43.7 Å². The van der Waals surface area contributed by atoms with Gasteiger partial charge in [0.1, 0.15) is 11.6 Å². The van der Waals surface area contributed by atoms with Gasteiger partial charge in [-0.2, -0.15) is 0 Å². The van der Waals surface area contributed by atoms with E-state index in [1.165, 1.54) is 31.4 Å². The van der Waals surface area contributed by atoms with Gasteiger partial charge in [0, 0.05) is 37.8 Å². The summed E-state index contributed by atoms with van der Waals surface area (Å²) < 4.78 is 29.5. The molecule has 1 N–H and O–H groups in total. The summed E-state index contributed by atoms with van der Waals surface area (Å²) in [4.78, 5) is 2.28. The molecule has 138 valence electrons. The van der Waals surface area contributed by atoms with Gasteiger partial charge in [-0.3, -0.25) is 4.90 Å². The summed E-state index contributed by atoms with van der Waals surface area (Å²) in [6.07, 6.45) is 5.73. The predicted octanol–water partition coefficient (Wildman–Crippen LogP) is 5.10. The highest BCUT2D eigenvalue weighted by Crippen LogP contribution is 2.41. The van der Waals surface area contributed by atoms with Crippen molar-refractivity contribution in [3.63, 3.8) is 0 Å². The second kappa shape index (κ2) is 10.3. The molecule has 0 radical (unpaired) electrons. The molecule has 1 aliphatic carbocycles. The Morgan fingerprint density at radius 1 is 1.04 bits per heavy atom. The average Bonchev–Trinajstić information content (AvgIpc) is 2.57. The Balaban J connectivity index is 0.00000144. The van der Waals surface area contributed by atoms with Gasteiger partial charge < -0.3 is 5.32 Å². The van der Waals surface area contributed by atoms with Crippen molar-refractivity contribution < 1.29 is 8.78 Å². The maximum atomic E-state index is 14.7. The first-order chi connectivity index (χ1) is 10.7.